The van der Waals surface area contributed by atoms with Crippen LogP contribution in [-0.4, -0.2) is 12.5 Å². The molecule has 0 spiro atoms. The minimum atomic E-state index is -4.37. The van der Waals surface area contributed by atoms with E-state index in [2.05, 4.69) is 23.2 Å². The zero-order chi connectivity index (χ0) is 18.3. The Morgan fingerprint density at radius 3 is 2.36 bits per heavy atom. The second kappa shape index (κ2) is 8.07. The quantitative estimate of drug-likeness (QED) is 0.838. The normalized spacial score (nSPS) is 16.2. The van der Waals surface area contributed by atoms with Gasteiger partial charge in [0.1, 0.15) is 0 Å². The van der Waals surface area contributed by atoms with Crippen LogP contribution in [-0.2, 0) is 11.0 Å². The van der Waals surface area contributed by atoms with E-state index in [4.69, 9.17) is 0 Å². The monoisotopic (exact) mass is 348 g/mol. The molecule has 1 aromatic carbocycles. The van der Waals surface area contributed by atoms with Crippen LogP contribution in [0.5, 0.6) is 0 Å². The van der Waals surface area contributed by atoms with Crippen molar-refractivity contribution in [1.82, 2.24) is 5.32 Å². The number of rotatable bonds is 3. The molecule has 1 aliphatic rings. The van der Waals surface area contributed by atoms with Gasteiger partial charge in [-0.25, -0.2) is 0 Å². The van der Waals surface area contributed by atoms with Crippen molar-refractivity contribution in [1.29, 1.82) is 5.26 Å². The maximum absolute atomic E-state index is 12.5. The number of nitrogens with zero attached hydrogens (tertiary/aromatic N) is 1. The Morgan fingerprint density at radius 2 is 1.80 bits per heavy atom. The van der Waals surface area contributed by atoms with E-state index in [-0.39, 0.29) is 18.9 Å². The second-order valence-electron chi connectivity index (χ2n) is 6.28. The minimum Gasteiger partial charge on any atom is -0.345 e. The summed E-state index contributed by atoms with van der Waals surface area (Å²) in [6.45, 7) is 0.0986. The van der Waals surface area contributed by atoms with Crippen LogP contribution in [0.3, 0.4) is 0 Å². The largest absolute Gasteiger partial charge is 0.416 e. The molecular formula is C19H19F3N2O. The van der Waals surface area contributed by atoms with Gasteiger partial charge in [0.15, 0.2) is 0 Å². The van der Waals surface area contributed by atoms with E-state index in [1.165, 1.54) is 12.1 Å². The first-order valence-electron chi connectivity index (χ1n) is 8.19. The van der Waals surface area contributed by atoms with Gasteiger partial charge in [-0.1, -0.05) is 31.1 Å². The first-order chi connectivity index (χ1) is 11.8. The summed E-state index contributed by atoms with van der Waals surface area (Å²) in [5.74, 6) is 5.20. The van der Waals surface area contributed by atoms with Crippen molar-refractivity contribution in [3.8, 4) is 17.9 Å². The number of nitriles is 1. The molecule has 1 saturated carbocycles. The van der Waals surface area contributed by atoms with Gasteiger partial charge >= 0.3 is 6.18 Å². The fourth-order valence-corrected chi connectivity index (χ4v) is 2.96. The number of hydrogen-bond donors (Lipinski definition) is 1. The Morgan fingerprint density at radius 1 is 1.16 bits per heavy atom. The number of amides is 1. The maximum atomic E-state index is 12.5. The molecule has 1 amide bonds. The summed E-state index contributed by atoms with van der Waals surface area (Å²) in [4.78, 5) is 12.0. The first kappa shape index (κ1) is 18.9. The maximum Gasteiger partial charge on any atom is 0.416 e. The topological polar surface area (TPSA) is 52.9 Å². The average Bonchev–Trinajstić information content (AvgIpc) is 2.59. The lowest BCUT2D eigenvalue weighted by Gasteiger charge is -2.29. The molecule has 0 heterocycles. The SMILES string of the molecule is N#CC1(CC(=O)NCC#Cc2ccc(C(F)(F)F)cc2)CCCCC1. The molecule has 0 atom stereocenters. The van der Waals surface area contributed by atoms with Gasteiger partial charge in [0.05, 0.1) is 23.6 Å². The number of nitrogens with one attached hydrogen (secondary N) is 1. The highest BCUT2D eigenvalue weighted by molar-refractivity contribution is 5.77. The third-order valence-electron chi connectivity index (χ3n) is 4.37. The molecule has 0 saturated heterocycles. The molecule has 0 aliphatic heterocycles. The summed E-state index contributed by atoms with van der Waals surface area (Å²) in [6.07, 6.45) is 0.330. The van der Waals surface area contributed by atoms with E-state index in [1.54, 1.807) is 0 Å². The Balaban J connectivity index is 1.83. The predicted octanol–water partition coefficient (Wildman–Crippen LogP) is 4.04. The van der Waals surface area contributed by atoms with Crippen molar-refractivity contribution < 1.29 is 18.0 Å². The molecule has 2 rings (SSSR count). The highest BCUT2D eigenvalue weighted by Gasteiger charge is 2.34. The van der Waals surface area contributed by atoms with E-state index < -0.39 is 17.2 Å². The number of carbonyl (C=O) groups excluding carboxylic acids is 1. The fraction of sp³-hybridized carbons (Fsp3) is 0.474. The van der Waals surface area contributed by atoms with Gasteiger partial charge in [-0.05, 0) is 37.1 Å². The molecule has 3 nitrogen and oxygen atoms in total. The van der Waals surface area contributed by atoms with Crippen LogP contribution in [0.4, 0.5) is 13.2 Å². The summed E-state index contributed by atoms with van der Waals surface area (Å²) in [5.41, 5.74) is -0.841. The van der Waals surface area contributed by atoms with E-state index in [1.807, 2.05) is 0 Å². The lowest BCUT2D eigenvalue weighted by Crippen LogP contribution is -2.32. The van der Waals surface area contributed by atoms with Gasteiger partial charge in [-0.2, -0.15) is 18.4 Å². The van der Waals surface area contributed by atoms with Crippen LogP contribution in [0.1, 0.15) is 49.7 Å². The summed E-state index contributed by atoms with van der Waals surface area (Å²) < 4.78 is 37.4. The Labute approximate surface area is 145 Å². The third-order valence-corrected chi connectivity index (χ3v) is 4.37. The van der Waals surface area contributed by atoms with Gasteiger partial charge in [0.2, 0.25) is 5.91 Å². The highest BCUT2D eigenvalue weighted by Crippen LogP contribution is 2.38. The lowest BCUT2D eigenvalue weighted by molar-refractivity contribution is -0.137. The number of hydrogen-bond acceptors (Lipinski definition) is 2. The van der Waals surface area contributed by atoms with E-state index in [9.17, 15) is 23.2 Å². The Hall–Kier alpha value is -2.47. The molecule has 1 fully saturated rings. The van der Waals surface area contributed by atoms with Crippen LogP contribution in [0.15, 0.2) is 24.3 Å². The zero-order valence-corrected chi connectivity index (χ0v) is 13.7. The predicted molar refractivity (Wildman–Crippen MR) is 87.1 cm³/mol. The minimum absolute atomic E-state index is 0.0986. The number of alkyl halides is 3. The van der Waals surface area contributed by atoms with Gasteiger partial charge in [0.25, 0.3) is 0 Å². The van der Waals surface area contributed by atoms with E-state index in [0.717, 1.165) is 44.2 Å². The van der Waals surface area contributed by atoms with Crippen LogP contribution in [0.25, 0.3) is 0 Å². The smallest absolute Gasteiger partial charge is 0.345 e. The zero-order valence-electron chi connectivity index (χ0n) is 13.7. The molecule has 25 heavy (non-hydrogen) atoms. The van der Waals surface area contributed by atoms with Crippen LogP contribution >= 0.6 is 0 Å². The summed E-state index contributed by atoms with van der Waals surface area (Å²) in [6, 6.07) is 6.83. The van der Waals surface area contributed by atoms with Crippen molar-refractivity contribution in [2.24, 2.45) is 5.41 Å². The number of halogens is 3. The van der Waals surface area contributed by atoms with Crippen molar-refractivity contribution in [3.05, 3.63) is 35.4 Å². The van der Waals surface area contributed by atoms with Gasteiger partial charge < -0.3 is 5.32 Å². The number of benzene rings is 1. The number of carbonyl (C=O) groups is 1. The van der Waals surface area contributed by atoms with Crippen molar-refractivity contribution in [3.63, 3.8) is 0 Å². The Kier molecular flexibility index (Phi) is 6.09. The van der Waals surface area contributed by atoms with Crippen LogP contribution in [0, 0.1) is 28.6 Å². The van der Waals surface area contributed by atoms with Crippen molar-refractivity contribution in [2.45, 2.75) is 44.7 Å². The van der Waals surface area contributed by atoms with Crippen molar-refractivity contribution >= 4 is 5.91 Å². The molecule has 0 bridgehead atoms. The summed E-state index contributed by atoms with van der Waals surface area (Å²) in [7, 11) is 0. The summed E-state index contributed by atoms with van der Waals surface area (Å²) in [5, 5.41) is 12.0. The van der Waals surface area contributed by atoms with Gasteiger partial charge in [-0.15, -0.1) is 0 Å². The Bertz CT molecular complexity index is 699. The average molecular weight is 348 g/mol. The molecule has 0 aromatic heterocycles. The van der Waals surface area contributed by atoms with Crippen molar-refractivity contribution in [2.75, 3.05) is 6.54 Å². The highest BCUT2D eigenvalue weighted by atomic mass is 19.4. The molecule has 6 heteroatoms. The molecule has 1 aliphatic carbocycles. The molecule has 0 unspecified atom stereocenters. The standard InChI is InChI=1S/C19H19F3N2O/c20-19(21,22)16-8-6-15(7-9-16)5-4-12-24-17(25)13-18(14-23)10-2-1-3-11-18/h6-9H,1-3,10-13H2,(H,24,25). The first-order valence-corrected chi connectivity index (χ1v) is 8.19. The lowest BCUT2D eigenvalue weighted by atomic mass is 9.73. The second-order valence-corrected chi connectivity index (χ2v) is 6.28. The molecule has 1 N–H and O–H groups in total. The van der Waals surface area contributed by atoms with Crippen LogP contribution < -0.4 is 5.32 Å². The molecule has 1 aromatic rings. The molecular weight excluding hydrogens is 329 g/mol. The third kappa shape index (κ3) is 5.53. The molecule has 0 radical (unpaired) electrons. The van der Waals surface area contributed by atoms with Gasteiger partial charge in [0, 0.05) is 12.0 Å². The fourth-order valence-electron chi connectivity index (χ4n) is 2.96. The van der Waals surface area contributed by atoms with Gasteiger partial charge in [-0.3, -0.25) is 4.79 Å². The van der Waals surface area contributed by atoms with E-state index in [0.29, 0.717) is 5.56 Å². The summed E-state index contributed by atoms with van der Waals surface area (Å²) >= 11 is 0. The van der Waals surface area contributed by atoms with Crippen LogP contribution in [0.2, 0.25) is 0 Å². The molecule has 132 valence electrons. The van der Waals surface area contributed by atoms with E-state index >= 15 is 0 Å².